The lowest BCUT2D eigenvalue weighted by molar-refractivity contribution is 0.142. The van der Waals surface area contributed by atoms with Crippen LogP contribution in [0.1, 0.15) is 46.5 Å². The van der Waals surface area contributed by atoms with Gasteiger partial charge in [0.05, 0.1) is 18.6 Å². The van der Waals surface area contributed by atoms with Crippen LogP contribution in [0.25, 0.3) is 0 Å². The Bertz CT molecular complexity index is 909. The van der Waals surface area contributed by atoms with Crippen LogP contribution >= 0.6 is 0 Å². The molecule has 0 spiro atoms. The molecule has 0 fully saturated rings. The Morgan fingerprint density at radius 1 is 1.03 bits per heavy atom. The van der Waals surface area contributed by atoms with Crippen LogP contribution < -0.4 is 10.4 Å². The summed E-state index contributed by atoms with van der Waals surface area (Å²) in [6, 6.07) is 22.8. The Morgan fingerprint density at radius 3 is 2.09 bits per heavy atom. The normalized spacial score (nSPS) is 14.6. The zero-order valence-electron chi connectivity index (χ0n) is 21.0. The third kappa shape index (κ3) is 7.67. The molecule has 3 nitrogen and oxygen atoms in total. The molecule has 2 rings (SSSR count). The first-order valence-corrected chi connectivity index (χ1v) is 14.0. The molecule has 2 aromatic rings. The molecule has 3 atom stereocenters. The molecule has 4 heteroatoms. The molecule has 0 aliphatic rings. The van der Waals surface area contributed by atoms with Crippen molar-refractivity contribution in [3.8, 4) is 6.07 Å². The van der Waals surface area contributed by atoms with Gasteiger partial charge in [0.1, 0.15) is 0 Å². The van der Waals surface area contributed by atoms with E-state index in [0.717, 1.165) is 35.2 Å². The highest BCUT2D eigenvalue weighted by Crippen LogP contribution is 2.22. The minimum absolute atomic E-state index is 0.231. The Hall–Kier alpha value is -2.71. The molecule has 34 heavy (non-hydrogen) atoms. The maximum Gasteiger partial charge on any atom is 0.407 e. The first-order valence-electron chi connectivity index (χ1n) is 12.2. The van der Waals surface area contributed by atoms with Crippen LogP contribution in [0.4, 0.5) is 0 Å². The second-order valence-electron chi connectivity index (χ2n) is 8.77. The lowest BCUT2D eigenvalue weighted by Crippen LogP contribution is -2.65. The van der Waals surface area contributed by atoms with E-state index in [0.29, 0.717) is 12.5 Å². The first kappa shape index (κ1) is 27.5. The van der Waals surface area contributed by atoms with Crippen molar-refractivity contribution in [3.05, 3.63) is 97.6 Å². The standard InChI is InChI=1S/C30H39NO2Si/c1-6-25(4)16-15-17-26(5)30(22-23-31)33-34(28-18-11-9-12-19-28,29-20-13-10-14-21-29)32-24-27(7-2)8-3/h6-7,9-14,17-21,25,27,30H,1-2,8,15-16,22,24H2,3-5H3/b26-17+/t25-,27+,30-/m0/s1. The zero-order valence-corrected chi connectivity index (χ0v) is 22.0. The number of hydrogen-bond acceptors (Lipinski definition) is 3. The van der Waals surface area contributed by atoms with Crippen molar-refractivity contribution >= 4 is 18.9 Å². The van der Waals surface area contributed by atoms with Crippen LogP contribution in [0.3, 0.4) is 0 Å². The minimum Gasteiger partial charge on any atom is -0.387 e. The van der Waals surface area contributed by atoms with E-state index < -0.39 is 8.56 Å². The Balaban J connectivity index is 2.53. The van der Waals surface area contributed by atoms with E-state index in [4.69, 9.17) is 8.85 Å². The van der Waals surface area contributed by atoms with Gasteiger partial charge >= 0.3 is 8.56 Å². The van der Waals surface area contributed by atoms with Crippen molar-refractivity contribution in [2.24, 2.45) is 11.8 Å². The van der Waals surface area contributed by atoms with E-state index in [9.17, 15) is 5.26 Å². The number of allylic oxidation sites excluding steroid dienone is 2. The predicted molar refractivity (Wildman–Crippen MR) is 145 cm³/mol. The Kier molecular flexibility index (Phi) is 11.8. The van der Waals surface area contributed by atoms with Crippen molar-refractivity contribution < 1.29 is 8.85 Å². The van der Waals surface area contributed by atoms with Gasteiger partial charge in [-0.1, -0.05) is 92.7 Å². The summed E-state index contributed by atoms with van der Waals surface area (Å²) in [7, 11) is -3.13. The lowest BCUT2D eigenvalue weighted by atomic mass is 10.0. The molecule has 0 aromatic heterocycles. The molecule has 0 unspecified atom stereocenters. The average molecular weight is 474 g/mol. The summed E-state index contributed by atoms with van der Waals surface area (Å²) in [5, 5.41) is 11.7. The number of rotatable bonds is 15. The number of nitrogens with zero attached hydrogens (tertiary/aromatic N) is 1. The second kappa shape index (κ2) is 14.5. The van der Waals surface area contributed by atoms with Crippen LogP contribution in [0.2, 0.25) is 0 Å². The molecule has 0 heterocycles. The molecule has 0 N–H and O–H groups in total. The molecule has 2 aromatic carbocycles. The number of nitriles is 1. The lowest BCUT2D eigenvalue weighted by Gasteiger charge is -2.36. The van der Waals surface area contributed by atoms with Crippen LogP contribution in [-0.4, -0.2) is 21.3 Å². The van der Waals surface area contributed by atoms with Gasteiger partial charge in [0.25, 0.3) is 0 Å². The molecule has 0 saturated carbocycles. The molecule has 0 aliphatic carbocycles. The Morgan fingerprint density at radius 2 is 1.62 bits per heavy atom. The topological polar surface area (TPSA) is 42.2 Å². The van der Waals surface area contributed by atoms with Crippen molar-refractivity contribution in [2.75, 3.05) is 6.61 Å². The molecular formula is C30H39NO2Si. The summed E-state index contributed by atoms with van der Waals surface area (Å²) in [6.07, 6.45) is 8.95. The molecule has 180 valence electrons. The molecule has 0 aliphatic heterocycles. The molecular weight excluding hydrogens is 434 g/mol. The highest BCUT2D eigenvalue weighted by atomic mass is 28.4. The van der Waals surface area contributed by atoms with Gasteiger partial charge in [-0.2, -0.15) is 5.26 Å². The highest BCUT2D eigenvalue weighted by Gasteiger charge is 2.45. The Labute approximate surface area is 207 Å². The fourth-order valence-electron chi connectivity index (χ4n) is 3.80. The second-order valence-corrected chi connectivity index (χ2v) is 11.7. The van der Waals surface area contributed by atoms with Crippen LogP contribution in [0.5, 0.6) is 0 Å². The van der Waals surface area contributed by atoms with Gasteiger partial charge in [0, 0.05) is 6.61 Å². The fraction of sp³-hybridized carbons (Fsp3) is 0.367. The predicted octanol–water partition coefficient (Wildman–Crippen LogP) is 6.32. The minimum atomic E-state index is -3.13. The summed E-state index contributed by atoms with van der Waals surface area (Å²) in [5.41, 5.74) is 1.07. The van der Waals surface area contributed by atoms with Crippen LogP contribution in [-0.2, 0) is 8.85 Å². The summed E-state index contributed by atoms with van der Waals surface area (Å²) < 4.78 is 13.8. The quantitative estimate of drug-likeness (QED) is 0.224. The van der Waals surface area contributed by atoms with E-state index in [1.807, 2.05) is 48.6 Å². The maximum absolute atomic E-state index is 9.66. The monoisotopic (exact) mass is 473 g/mol. The van der Waals surface area contributed by atoms with Gasteiger partial charge in [-0.3, -0.25) is 0 Å². The smallest absolute Gasteiger partial charge is 0.387 e. The average Bonchev–Trinajstić information content (AvgIpc) is 2.88. The van der Waals surface area contributed by atoms with Gasteiger partial charge in [-0.05, 0) is 54.0 Å². The molecule has 0 radical (unpaired) electrons. The highest BCUT2D eigenvalue weighted by molar-refractivity contribution is 6.92. The van der Waals surface area contributed by atoms with Crippen molar-refractivity contribution in [2.45, 2.75) is 52.6 Å². The summed E-state index contributed by atoms with van der Waals surface area (Å²) >= 11 is 0. The van der Waals surface area contributed by atoms with Gasteiger partial charge in [0.15, 0.2) is 0 Å². The third-order valence-corrected chi connectivity index (χ3v) is 9.63. The maximum atomic E-state index is 9.66. The SMILES string of the molecule is C=C[C@H](CC)CO[Si](O[C@@H](CC#N)/C(C)=C/CC[C@@H](C)C=C)(c1ccccc1)c1ccccc1. The van der Waals surface area contributed by atoms with E-state index in [2.05, 4.69) is 70.3 Å². The molecule has 0 amide bonds. The summed E-state index contributed by atoms with van der Waals surface area (Å²) in [4.78, 5) is 0. The van der Waals surface area contributed by atoms with E-state index in [1.54, 1.807) is 0 Å². The summed E-state index contributed by atoms with van der Waals surface area (Å²) in [6.45, 7) is 14.8. The number of hydrogen-bond donors (Lipinski definition) is 0. The van der Waals surface area contributed by atoms with Crippen molar-refractivity contribution in [1.29, 1.82) is 5.26 Å². The summed E-state index contributed by atoms with van der Waals surface area (Å²) in [5.74, 6) is 0.684. The van der Waals surface area contributed by atoms with E-state index in [1.165, 1.54) is 0 Å². The largest absolute Gasteiger partial charge is 0.407 e. The van der Waals surface area contributed by atoms with Crippen LogP contribution in [0, 0.1) is 23.2 Å². The zero-order chi connectivity index (χ0) is 24.8. The van der Waals surface area contributed by atoms with Gasteiger partial charge in [-0.25, -0.2) is 0 Å². The van der Waals surface area contributed by atoms with Crippen molar-refractivity contribution in [1.82, 2.24) is 0 Å². The van der Waals surface area contributed by atoms with E-state index in [-0.39, 0.29) is 18.4 Å². The molecule has 0 bridgehead atoms. The first-order chi connectivity index (χ1) is 16.5. The van der Waals surface area contributed by atoms with E-state index >= 15 is 0 Å². The third-order valence-electron chi connectivity index (χ3n) is 6.25. The fourth-order valence-corrected chi connectivity index (χ4v) is 7.19. The number of benzene rings is 2. The van der Waals surface area contributed by atoms with Crippen molar-refractivity contribution in [3.63, 3.8) is 0 Å². The van der Waals surface area contributed by atoms with Crippen LogP contribution in [0.15, 0.2) is 97.6 Å². The van der Waals surface area contributed by atoms with Gasteiger partial charge in [0.2, 0.25) is 0 Å². The van der Waals surface area contributed by atoms with Gasteiger partial charge < -0.3 is 8.85 Å². The molecule has 0 saturated heterocycles. The van der Waals surface area contributed by atoms with Gasteiger partial charge in [-0.15, -0.1) is 13.2 Å².